The molecule has 2 heterocycles. The van der Waals surface area contributed by atoms with E-state index in [0.29, 0.717) is 4.88 Å². The second-order valence-corrected chi connectivity index (χ2v) is 5.75. The topological polar surface area (TPSA) is 46.9 Å². The van der Waals surface area contributed by atoms with Gasteiger partial charge in [0.15, 0.2) is 0 Å². The first-order valence-corrected chi connectivity index (χ1v) is 7.35. The fraction of sp³-hybridized carbons (Fsp3) is 0.333. The normalized spacial score (nSPS) is 12.4. The molecule has 0 saturated carbocycles. The van der Waals surface area contributed by atoms with E-state index in [2.05, 4.69) is 26.3 Å². The predicted molar refractivity (Wildman–Crippen MR) is 75.8 cm³/mol. The average molecular weight is 328 g/mol. The third-order valence-electron chi connectivity index (χ3n) is 2.57. The smallest absolute Gasteiger partial charge is 0.261 e. The van der Waals surface area contributed by atoms with E-state index in [-0.39, 0.29) is 11.9 Å². The van der Waals surface area contributed by atoms with E-state index in [4.69, 9.17) is 0 Å². The molecule has 0 aliphatic heterocycles. The van der Waals surface area contributed by atoms with E-state index < -0.39 is 0 Å². The van der Waals surface area contributed by atoms with E-state index in [9.17, 15) is 4.79 Å². The third-order valence-corrected chi connectivity index (χ3v) is 4.26. The summed E-state index contributed by atoms with van der Waals surface area (Å²) in [5.74, 6) is -0.0655. The molecule has 2 aromatic heterocycles. The Bertz CT molecular complexity index is 549. The first-order valence-electron chi connectivity index (χ1n) is 5.68. The van der Waals surface area contributed by atoms with Crippen LogP contribution in [0.5, 0.6) is 0 Å². The van der Waals surface area contributed by atoms with Crippen LogP contribution in [-0.2, 0) is 6.54 Å². The maximum Gasteiger partial charge on any atom is 0.261 e. The molecule has 1 amide bonds. The van der Waals surface area contributed by atoms with Gasteiger partial charge in [0.2, 0.25) is 0 Å². The van der Waals surface area contributed by atoms with Crippen molar-refractivity contribution in [1.82, 2.24) is 15.1 Å². The number of thiophene rings is 1. The van der Waals surface area contributed by atoms with Crippen LogP contribution in [-0.4, -0.2) is 15.7 Å². The summed E-state index contributed by atoms with van der Waals surface area (Å²) in [6, 6.07) is 3.65. The van der Waals surface area contributed by atoms with E-state index >= 15 is 0 Å². The fourth-order valence-electron chi connectivity index (χ4n) is 1.56. The number of aryl methyl sites for hydroxylation is 1. The molecule has 6 heteroatoms. The van der Waals surface area contributed by atoms with Crippen LogP contribution in [0.3, 0.4) is 0 Å². The number of amides is 1. The summed E-state index contributed by atoms with van der Waals surface area (Å²) >= 11 is 4.76. The molecule has 0 radical (unpaired) electrons. The number of rotatable bonds is 4. The second kappa shape index (κ2) is 5.67. The molecule has 4 nitrogen and oxygen atoms in total. The highest BCUT2D eigenvalue weighted by molar-refractivity contribution is 9.10. The Morgan fingerprint density at radius 2 is 2.44 bits per heavy atom. The molecular formula is C12H14BrN3OS. The summed E-state index contributed by atoms with van der Waals surface area (Å²) in [7, 11) is 0. The number of hydrogen-bond acceptors (Lipinski definition) is 3. The molecule has 0 aliphatic rings. The van der Waals surface area contributed by atoms with E-state index in [0.717, 1.165) is 16.7 Å². The van der Waals surface area contributed by atoms with Crippen molar-refractivity contribution in [2.45, 2.75) is 26.4 Å². The quantitative estimate of drug-likeness (QED) is 0.937. The van der Waals surface area contributed by atoms with Crippen LogP contribution in [0.1, 0.15) is 35.3 Å². The lowest BCUT2D eigenvalue weighted by atomic mass is 10.2. The molecule has 1 atom stereocenters. The number of halogens is 1. The highest BCUT2D eigenvalue weighted by atomic mass is 79.9. The third kappa shape index (κ3) is 3.00. The zero-order valence-electron chi connectivity index (χ0n) is 10.2. The zero-order chi connectivity index (χ0) is 13.1. The lowest BCUT2D eigenvalue weighted by molar-refractivity contribution is 0.0943. The van der Waals surface area contributed by atoms with Crippen molar-refractivity contribution >= 4 is 33.2 Å². The maximum atomic E-state index is 12.0. The minimum absolute atomic E-state index is 0.0655. The van der Waals surface area contributed by atoms with E-state index in [1.165, 1.54) is 11.3 Å². The molecule has 0 bridgehead atoms. The van der Waals surface area contributed by atoms with Gasteiger partial charge in [-0.05, 0) is 41.9 Å². The van der Waals surface area contributed by atoms with Crippen LogP contribution in [0.2, 0.25) is 0 Å². The van der Waals surface area contributed by atoms with Crippen molar-refractivity contribution in [3.8, 4) is 0 Å². The Kier molecular flexibility index (Phi) is 4.19. The minimum Gasteiger partial charge on any atom is -0.343 e. The Balaban J connectivity index is 2.02. The van der Waals surface area contributed by atoms with Gasteiger partial charge >= 0.3 is 0 Å². The van der Waals surface area contributed by atoms with E-state index in [1.807, 2.05) is 42.2 Å². The molecule has 0 aromatic carbocycles. The zero-order valence-corrected chi connectivity index (χ0v) is 12.6. The first kappa shape index (κ1) is 13.3. The van der Waals surface area contributed by atoms with Gasteiger partial charge in [0.1, 0.15) is 0 Å². The van der Waals surface area contributed by atoms with Crippen molar-refractivity contribution in [3.05, 3.63) is 38.8 Å². The van der Waals surface area contributed by atoms with Gasteiger partial charge in [0.25, 0.3) is 5.91 Å². The number of nitrogens with one attached hydrogen (secondary N) is 1. The molecule has 2 rings (SSSR count). The van der Waals surface area contributed by atoms with Crippen molar-refractivity contribution in [2.24, 2.45) is 0 Å². The van der Waals surface area contributed by atoms with E-state index in [1.54, 1.807) is 0 Å². The van der Waals surface area contributed by atoms with Gasteiger partial charge in [-0.2, -0.15) is 5.10 Å². The molecule has 2 aromatic rings. The maximum absolute atomic E-state index is 12.0. The summed E-state index contributed by atoms with van der Waals surface area (Å²) in [4.78, 5) is 12.7. The van der Waals surface area contributed by atoms with Crippen LogP contribution in [0.4, 0.5) is 0 Å². The van der Waals surface area contributed by atoms with Crippen molar-refractivity contribution < 1.29 is 4.79 Å². The average Bonchev–Trinajstić information content (AvgIpc) is 2.97. The predicted octanol–water partition coefficient (Wildman–Crippen LogP) is 3.22. The first-order chi connectivity index (χ1) is 8.60. The SMILES string of the molecule is CCn1ccc([C@@H](C)NC(=O)c2cc(Br)cs2)n1. The molecule has 0 fully saturated rings. The Morgan fingerprint density at radius 1 is 1.67 bits per heavy atom. The van der Waals surface area contributed by atoms with Gasteiger partial charge in [0, 0.05) is 22.6 Å². The van der Waals surface area contributed by atoms with Gasteiger partial charge in [-0.25, -0.2) is 0 Å². The summed E-state index contributed by atoms with van der Waals surface area (Å²) in [5, 5.41) is 9.21. The van der Waals surface area contributed by atoms with Gasteiger partial charge < -0.3 is 5.32 Å². The molecule has 0 unspecified atom stereocenters. The lowest BCUT2D eigenvalue weighted by Gasteiger charge is -2.10. The second-order valence-electron chi connectivity index (χ2n) is 3.92. The van der Waals surface area contributed by atoms with Gasteiger partial charge in [-0.15, -0.1) is 11.3 Å². The van der Waals surface area contributed by atoms with Crippen LogP contribution in [0, 0.1) is 0 Å². The Morgan fingerprint density at radius 3 is 3.00 bits per heavy atom. The van der Waals surface area contributed by atoms with Crippen molar-refractivity contribution in [3.63, 3.8) is 0 Å². The fourth-order valence-corrected chi connectivity index (χ4v) is 2.89. The molecule has 0 aliphatic carbocycles. The highest BCUT2D eigenvalue weighted by Crippen LogP contribution is 2.20. The standard InChI is InChI=1S/C12H14BrN3OS/c1-3-16-5-4-10(15-16)8(2)14-12(17)11-6-9(13)7-18-11/h4-8H,3H2,1-2H3,(H,14,17)/t8-/m1/s1. The molecule has 18 heavy (non-hydrogen) atoms. The summed E-state index contributed by atoms with van der Waals surface area (Å²) in [5.41, 5.74) is 0.876. The largest absolute Gasteiger partial charge is 0.343 e. The van der Waals surface area contributed by atoms with Crippen LogP contribution in [0.25, 0.3) is 0 Å². The van der Waals surface area contributed by atoms with Crippen LogP contribution < -0.4 is 5.32 Å². The van der Waals surface area contributed by atoms with Crippen molar-refractivity contribution in [2.75, 3.05) is 0 Å². The number of aromatic nitrogens is 2. The summed E-state index contributed by atoms with van der Waals surface area (Å²) in [6.45, 7) is 4.80. The number of hydrogen-bond donors (Lipinski definition) is 1. The number of carbonyl (C=O) groups excluding carboxylic acids is 1. The van der Waals surface area contributed by atoms with Gasteiger partial charge in [-0.1, -0.05) is 0 Å². The summed E-state index contributed by atoms with van der Waals surface area (Å²) < 4.78 is 2.78. The molecule has 96 valence electrons. The minimum atomic E-state index is -0.0915. The molecule has 0 saturated heterocycles. The van der Waals surface area contributed by atoms with Crippen molar-refractivity contribution in [1.29, 1.82) is 0 Å². The van der Waals surface area contributed by atoms with Gasteiger partial charge in [-0.3, -0.25) is 9.48 Å². The lowest BCUT2D eigenvalue weighted by Crippen LogP contribution is -2.26. The van der Waals surface area contributed by atoms with Gasteiger partial charge in [0.05, 0.1) is 16.6 Å². The van der Waals surface area contributed by atoms with Crippen LogP contribution in [0.15, 0.2) is 28.2 Å². The Labute approximate surface area is 118 Å². The Hall–Kier alpha value is -1.14. The molecule has 1 N–H and O–H groups in total. The monoisotopic (exact) mass is 327 g/mol. The van der Waals surface area contributed by atoms with Crippen LogP contribution >= 0.6 is 27.3 Å². The summed E-state index contributed by atoms with van der Waals surface area (Å²) in [6.07, 6.45) is 1.92. The number of nitrogens with zero attached hydrogens (tertiary/aromatic N) is 2. The highest BCUT2D eigenvalue weighted by Gasteiger charge is 2.14. The molecular weight excluding hydrogens is 314 g/mol. The molecule has 0 spiro atoms. The number of carbonyl (C=O) groups is 1.